The number of fused-ring (bicyclic) bond motifs is 3. The maximum Gasteiger partial charge on any atom is 0.339 e. The molecule has 0 radical (unpaired) electrons. The van der Waals surface area contributed by atoms with Gasteiger partial charge >= 0.3 is 11.9 Å². The van der Waals surface area contributed by atoms with Crippen LogP contribution >= 0.6 is 0 Å². The first-order valence-corrected chi connectivity index (χ1v) is 14.2. The highest BCUT2D eigenvalue weighted by molar-refractivity contribution is 5.86. The van der Waals surface area contributed by atoms with Crippen LogP contribution in [0, 0.1) is 0 Å². The summed E-state index contributed by atoms with van der Waals surface area (Å²) in [6.45, 7) is 7.95. The van der Waals surface area contributed by atoms with Gasteiger partial charge in [-0.2, -0.15) is 0 Å². The van der Waals surface area contributed by atoms with Gasteiger partial charge in [0.05, 0.1) is 37.2 Å². The molecule has 0 bridgehead atoms. The summed E-state index contributed by atoms with van der Waals surface area (Å²) in [5, 5.41) is 0. The maximum atomic E-state index is 14.2. The highest BCUT2D eigenvalue weighted by atomic mass is 16.7. The van der Waals surface area contributed by atoms with Gasteiger partial charge in [0.1, 0.15) is 5.76 Å². The summed E-state index contributed by atoms with van der Waals surface area (Å²) in [6.07, 6.45) is 6.09. The van der Waals surface area contributed by atoms with Crippen LogP contribution in [0.3, 0.4) is 0 Å². The Morgan fingerprint density at radius 3 is 2.62 bits per heavy atom. The number of hydrogen-bond acceptors (Lipinski definition) is 9. The molecule has 2 saturated heterocycles. The molecule has 0 N–H and O–H groups in total. The van der Waals surface area contributed by atoms with E-state index in [0.29, 0.717) is 17.9 Å². The Morgan fingerprint density at radius 2 is 1.87 bits per heavy atom. The van der Waals surface area contributed by atoms with Crippen molar-refractivity contribution in [2.75, 3.05) is 33.6 Å². The fourth-order valence-corrected chi connectivity index (χ4v) is 7.53. The lowest BCUT2D eigenvalue weighted by Gasteiger charge is -2.44. The summed E-state index contributed by atoms with van der Waals surface area (Å²) < 4.78 is 35.5. The molecule has 9 heteroatoms. The number of carbonyl (C=O) groups is 2. The zero-order valence-corrected chi connectivity index (χ0v) is 23.4. The number of benzene rings is 1. The lowest BCUT2D eigenvalue weighted by atomic mass is 9.77. The predicted octanol–water partition coefficient (Wildman–Crippen LogP) is 4.02. The fraction of sp³-hybridized carbons (Fsp3) is 0.667. The number of nitrogens with zero attached hydrogens (tertiary/aromatic N) is 1. The normalized spacial score (nSPS) is 32.4. The summed E-state index contributed by atoms with van der Waals surface area (Å²) in [6, 6.07) is 4.14. The Labute approximate surface area is 229 Å². The number of esters is 2. The summed E-state index contributed by atoms with van der Waals surface area (Å²) in [7, 11) is 1.63. The van der Waals surface area contributed by atoms with E-state index in [1.54, 1.807) is 14.0 Å². The second kappa shape index (κ2) is 9.70. The van der Waals surface area contributed by atoms with Gasteiger partial charge in [0.15, 0.2) is 23.2 Å². The lowest BCUT2D eigenvalue weighted by molar-refractivity contribution is -0.216. The van der Waals surface area contributed by atoms with Gasteiger partial charge < -0.3 is 28.4 Å². The molecule has 4 atom stereocenters. The van der Waals surface area contributed by atoms with Crippen LogP contribution in [0.4, 0.5) is 0 Å². The monoisotopic (exact) mass is 541 g/mol. The summed E-state index contributed by atoms with van der Waals surface area (Å²) in [4.78, 5) is 29.4. The molecule has 2 unspecified atom stereocenters. The highest BCUT2D eigenvalue weighted by Crippen LogP contribution is 2.56. The van der Waals surface area contributed by atoms with Crippen molar-refractivity contribution in [3.63, 3.8) is 0 Å². The van der Waals surface area contributed by atoms with E-state index in [0.717, 1.165) is 56.5 Å². The molecule has 6 rings (SSSR count). The summed E-state index contributed by atoms with van der Waals surface area (Å²) in [5.74, 6) is 0.899. The molecule has 2 fully saturated rings. The second-order valence-corrected chi connectivity index (χ2v) is 12.0. The van der Waals surface area contributed by atoms with E-state index in [1.165, 1.54) is 5.56 Å². The van der Waals surface area contributed by atoms with Crippen molar-refractivity contribution in [3.8, 4) is 11.5 Å². The largest absolute Gasteiger partial charge is 0.497 e. The SMILES string of the molecule is CCOC(=O)C[C@]1(C(=O)OC2C(OC)=C[C@@]34CCCN3CCc3cc5c(cc3C24)OCO5)CCCC(C)(C)O1. The molecule has 4 heterocycles. The van der Waals surface area contributed by atoms with E-state index in [-0.39, 0.29) is 31.3 Å². The van der Waals surface area contributed by atoms with Gasteiger partial charge in [-0.15, -0.1) is 0 Å². The van der Waals surface area contributed by atoms with Gasteiger partial charge in [-0.3, -0.25) is 9.69 Å². The highest BCUT2D eigenvalue weighted by Gasteiger charge is 2.60. The minimum absolute atomic E-state index is 0.181. The summed E-state index contributed by atoms with van der Waals surface area (Å²) in [5.41, 5.74) is -0.0676. The van der Waals surface area contributed by atoms with E-state index in [4.69, 9.17) is 28.4 Å². The van der Waals surface area contributed by atoms with Crippen molar-refractivity contribution < 1.29 is 38.0 Å². The van der Waals surface area contributed by atoms with Crippen LogP contribution in [0.15, 0.2) is 24.0 Å². The minimum atomic E-state index is -1.42. The fourth-order valence-electron chi connectivity index (χ4n) is 7.53. The van der Waals surface area contributed by atoms with Crippen LogP contribution in [0.2, 0.25) is 0 Å². The van der Waals surface area contributed by atoms with Crippen LogP contribution < -0.4 is 9.47 Å². The third-order valence-electron chi connectivity index (χ3n) is 9.14. The van der Waals surface area contributed by atoms with Gasteiger partial charge in [-0.05, 0) is 95.2 Å². The third kappa shape index (κ3) is 4.38. The Hall–Kier alpha value is -2.78. The van der Waals surface area contributed by atoms with Crippen molar-refractivity contribution in [3.05, 3.63) is 35.1 Å². The predicted molar refractivity (Wildman–Crippen MR) is 141 cm³/mol. The topological polar surface area (TPSA) is 92.8 Å². The molecular formula is C30H39NO8. The molecule has 0 aromatic heterocycles. The zero-order chi connectivity index (χ0) is 27.4. The van der Waals surface area contributed by atoms with Gasteiger partial charge in [0.2, 0.25) is 6.79 Å². The molecule has 39 heavy (non-hydrogen) atoms. The van der Waals surface area contributed by atoms with Crippen molar-refractivity contribution in [1.82, 2.24) is 4.90 Å². The Bertz CT molecular complexity index is 1190. The molecule has 9 nitrogen and oxygen atoms in total. The second-order valence-electron chi connectivity index (χ2n) is 12.0. The van der Waals surface area contributed by atoms with E-state index in [9.17, 15) is 9.59 Å². The molecule has 212 valence electrons. The number of carbonyl (C=O) groups excluding carboxylic acids is 2. The Morgan fingerprint density at radius 1 is 1.08 bits per heavy atom. The zero-order valence-electron chi connectivity index (χ0n) is 23.4. The Balaban J connectivity index is 1.40. The van der Waals surface area contributed by atoms with Crippen LogP contribution in [0.5, 0.6) is 11.5 Å². The van der Waals surface area contributed by atoms with Gasteiger partial charge in [-0.25, -0.2) is 4.79 Å². The van der Waals surface area contributed by atoms with Crippen molar-refractivity contribution in [2.24, 2.45) is 0 Å². The van der Waals surface area contributed by atoms with E-state index in [1.807, 2.05) is 13.8 Å². The van der Waals surface area contributed by atoms with E-state index < -0.39 is 29.2 Å². The van der Waals surface area contributed by atoms with Gasteiger partial charge in [0, 0.05) is 6.54 Å². The summed E-state index contributed by atoms with van der Waals surface area (Å²) >= 11 is 0. The minimum Gasteiger partial charge on any atom is -0.497 e. The van der Waals surface area contributed by atoms with E-state index in [2.05, 4.69) is 23.1 Å². The number of hydrogen-bond donors (Lipinski definition) is 0. The van der Waals surface area contributed by atoms with Gasteiger partial charge in [-0.1, -0.05) is 0 Å². The lowest BCUT2D eigenvalue weighted by Crippen LogP contribution is -2.54. The molecule has 0 saturated carbocycles. The quantitative estimate of drug-likeness (QED) is 0.495. The molecule has 1 aromatic rings. The smallest absolute Gasteiger partial charge is 0.339 e. The molecule has 0 amide bonds. The molecule has 1 aliphatic carbocycles. The standard InChI is InChI=1S/C30H39NO8/c1-5-35-24(32)17-30(11-6-9-28(2,3)39-30)27(33)38-26-23(34-4)16-29-10-7-12-31(29)13-8-19-14-21-22(37-18-36-21)15-20(19)25(26)29/h14-16,25-26H,5-13,17-18H2,1-4H3/t25?,26?,29-,30+/m1/s1. The molecular weight excluding hydrogens is 502 g/mol. The molecule has 1 spiro atoms. The average molecular weight is 542 g/mol. The Kier molecular flexibility index (Phi) is 6.57. The first-order valence-electron chi connectivity index (χ1n) is 14.2. The van der Waals surface area contributed by atoms with Gasteiger partial charge in [0.25, 0.3) is 0 Å². The first-order chi connectivity index (χ1) is 18.7. The van der Waals surface area contributed by atoms with Crippen LogP contribution in [-0.2, 0) is 35.0 Å². The van der Waals surface area contributed by atoms with Crippen LogP contribution in [0.1, 0.15) is 76.3 Å². The van der Waals surface area contributed by atoms with Crippen LogP contribution in [0.25, 0.3) is 0 Å². The molecule has 4 aliphatic heterocycles. The number of rotatable bonds is 6. The maximum absolute atomic E-state index is 14.2. The third-order valence-corrected chi connectivity index (χ3v) is 9.14. The van der Waals surface area contributed by atoms with E-state index >= 15 is 0 Å². The number of ether oxygens (including phenoxy) is 6. The first kappa shape index (κ1) is 26.4. The molecule has 5 aliphatic rings. The number of methoxy groups -OCH3 is 1. The average Bonchev–Trinajstić information content (AvgIpc) is 3.57. The molecule has 1 aromatic carbocycles. The van der Waals surface area contributed by atoms with Crippen LogP contribution in [-0.4, -0.2) is 73.3 Å². The van der Waals surface area contributed by atoms with Crippen molar-refractivity contribution in [2.45, 2.75) is 94.5 Å². The van der Waals surface area contributed by atoms with Crippen molar-refractivity contribution in [1.29, 1.82) is 0 Å². The van der Waals surface area contributed by atoms with Crippen molar-refractivity contribution >= 4 is 11.9 Å².